The van der Waals surface area contributed by atoms with Gasteiger partial charge in [0.15, 0.2) is 0 Å². The summed E-state index contributed by atoms with van der Waals surface area (Å²) in [5, 5.41) is 0. The number of cyclic esters (lactones) is 1. The molecule has 1 aliphatic rings. The van der Waals surface area contributed by atoms with Gasteiger partial charge in [-0.15, -0.1) is 0 Å². The summed E-state index contributed by atoms with van der Waals surface area (Å²) in [6.07, 6.45) is 87.2. The SMILES string of the molecule is CC1CC(=O)OC1C.CCCCCCCCCCCCCCCCCCCCCCCCCCCCCCCCCCCCCCCCCCCCCCCCCCCOC(C)C(C)CC(=O)OCCCCCCCCCCCCC. The van der Waals surface area contributed by atoms with E-state index in [0.717, 1.165) is 19.4 Å². The minimum absolute atomic E-state index is 0.0509. The van der Waals surface area contributed by atoms with Crippen molar-refractivity contribution >= 4 is 11.9 Å². The molecule has 0 N–H and O–H groups in total. The molecule has 1 fully saturated rings. The molecule has 484 valence electrons. The number of esters is 2. The summed E-state index contributed by atoms with van der Waals surface area (Å²) in [6, 6.07) is 0. The van der Waals surface area contributed by atoms with Crippen molar-refractivity contribution in [2.24, 2.45) is 11.8 Å². The van der Waals surface area contributed by atoms with E-state index in [2.05, 4.69) is 27.7 Å². The Balaban J connectivity index is 0.00000729. The minimum Gasteiger partial charge on any atom is -0.466 e. The zero-order chi connectivity index (χ0) is 58.8. The number of ether oxygens (including phenoxy) is 3. The number of unbranched alkanes of at least 4 members (excludes halogenated alkanes) is 58. The molecule has 4 unspecified atom stereocenters. The lowest BCUT2D eigenvalue weighted by atomic mass is 10.0. The number of hydrogen-bond donors (Lipinski definition) is 0. The topological polar surface area (TPSA) is 61.8 Å². The first kappa shape index (κ1) is 79.9. The van der Waals surface area contributed by atoms with Crippen LogP contribution in [-0.4, -0.2) is 37.4 Å². The highest BCUT2D eigenvalue weighted by molar-refractivity contribution is 5.71. The highest BCUT2D eigenvalue weighted by Crippen LogP contribution is 2.22. The summed E-state index contributed by atoms with van der Waals surface area (Å²) in [4.78, 5) is 22.8. The molecule has 1 rings (SSSR count). The van der Waals surface area contributed by atoms with Crippen LogP contribution >= 0.6 is 0 Å². The van der Waals surface area contributed by atoms with E-state index in [4.69, 9.17) is 14.2 Å². The number of rotatable bonds is 66. The third kappa shape index (κ3) is 64.7. The Morgan fingerprint density at radius 3 is 0.753 bits per heavy atom. The van der Waals surface area contributed by atoms with E-state index in [1.54, 1.807) is 0 Å². The molecular formula is C76H150O5. The number of hydrogen-bond acceptors (Lipinski definition) is 5. The minimum atomic E-state index is -0.0530. The predicted octanol–water partition coefficient (Wildman–Crippen LogP) is 26.4. The van der Waals surface area contributed by atoms with Crippen LogP contribution in [0.1, 0.15) is 440 Å². The van der Waals surface area contributed by atoms with Crippen molar-refractivity contribution in [2.45, 2.75) is 452 Å². The molecule has 0 saturated carbocycles. The van der Waals surface area contributed by atoms with Crippen LogP contribution in [0.25, 0.3) is 0 Å². The Morgan fingerprint density at radius 1 is 0.358 bits per heavy atom. The van der Waals surface area contributed by atoms with E-state index in [0.29, 0.717) is 25.4 Å². The third-order valence-corrected chi connectivity index (χ3v) is 18.5. The molecule has 81 heavy (non-hydrogen) atoms. The van der Waals surface area contributed by atoms with Gasteiger partial charge in [0.1, 0.15) is 6.10 Å². The molecule has 5 heteroatoms. The average molecular weight is 1140 g/mol. The summed E-state index contributed by atoms with van der Waals surface area (Å²) >= 11 is 0. The summed E-state index contributed by atoms with van der Waals surface area (Å²) in [6.45, 7) is 14.2. The molecule has 0 amide bonds. The van der Waals surface area contributed by atoms with E-state index in [9.17, 15) is 9.59 Å². The fraction of sp³-hybridized carbons (Fsp3) is 0.974. The second-order valence-electron chi connectivity index (χ2n) is 26.9. The van der Waals surface area contributed by atoms with E-state index >= 15 is 0 Å². The van der Waals surface area contributed by atoms with Crippen molar-refractivity contribution in [1.82, 2.24) is 0 Å². The molecule has 0 aromatic carbocycles. The lowest BCUT2D eigenvalue weighted by molar-refractivity contribution is -0.146. The van der Waals surface area contributed by atoms with Crippen molar-refractivity contribution in [3.05, 3.63) is 0 Å². The first-order chi connectivity index (χ1) is 39.8. The van der Waals surface area contributed by atoms with Crippen LogP contribution < -0.4 is 0 Å². The van der Waals surface area contributed by atoms with Gasteiger partial charge in [0, 0.05) is 12.5 Å². The zero-order valence-electron chi connectivity index (χ0n) is 56.6. The van der Waals surface area contributed by atoms with Crippen molar-refractivity contribution in [3.8, 4) is 0 Å². The molecule has 1 heterocycles. The second kappa shape index (κ2) is 68.0. The lowest BCUT2D eigenvalue weighted by Crippen LogP contribution is -2.22. The van der Waals surface area contributed by atoms with Crippen molar-refractivity contribution in [1.29, 1.82) is 0 Å². The maximum absolute atomic E-state index is 12.3. The molecule has 0 aromatic heterocycles. The van der Waals surface area contributed by atoms with Gasteiger partial charge >= 0.3 is 11.9 Å². The third-order valence-electron chi connectivity index (χ3n) is 18.5. The first-order valence-electron chi connectivity index (χ1n) is 37.8. The fourth-order valence-electron chi connectivity index (χ4n) is 12.2. The largest absolute Gasteiger partial charge is 0.466 e. The standard InChI is InChI=1S/C70H140O3.C6H10O2/c1-5-7-9-11-13-15-17-18-19-20-21-22-23-24-25-26-27-28-29-30-31-32-33-34-35-36-37-38-39-40-41-42-43-44-45-46-47-48-49-50-51-52-53-54-56-57-59-61-63-65-72-69(4)68(3)67-70(71)73-66-64-62-60-58-55-16-14-12-10-8-6-2;1-4-3-6(7)8-5(4)2/h68-69H,5-67H2,1-4H3;4-5H,3H2,1-2H3. The van der Waals surface area contributed by atoms with Crippen molar-refractivity contribution in [2.75, 3.05) is 13.2 Å². The van der Waals surface area contributed by atoms with Gasteiger partial charge in [-0.2, -0.15) is 0 Å². The molecule has 0 radical (unpaired) electrons. The summed E-state index contributed by atoms with van der Waals surface area (Å²) in [5.74, 6) is 0.525. The highest BCUT2D eigenvalue weighted by Gasteiger charge is 2.27. The van der Waals surface area contributed by atoms with E-state index in [-0.39, 0.29) is 30.1 Å². The first-order valence-corrected chi connectivity index (χ1v) is 37.8. The quantitative estimate of drug-likeness (QED) is 0.0449. The zero-order valence-corrected chi connectivity index (χ0v) is 56.6. The van der Waals surface area contributed by atoms with Crippen molar-refractivity contribution < 1.29 is 23.8 Å². The van der Waals surface area contributed by atoms with Gasteiger partial charge in [0.25, 0.3) is 0 Å². The number of carbonyl (C=O) groups is 2. The molecule has 4 atom stereocenters. The average Bonchev–Trinajstić information content (AvgIpc) is 3.76. The van der Waals surface area contributed by atoms with Gasteiger partial charge in [-0.05, 0) is 32.6 Å². The molecule has 0 spiro atoms. The van der Waals surface area contributed by atoms with Crippen LogP contribution in [0.4, 0.5) is 0 Å². The van der Waals surface area contributed by atoms with Crippen LogP contribution in [-0.2, 0) is 23.8 Å². The van der Waals surface area contributed by atoms with E-state index in [1.807, 2.05) is 13.8 Å². The molecule has 0 bridgehead atoms. The fourth-order valence-corrected chi connectivity index (χ4v) is 12.2. The Kier molecular flexibility index (Phi) is 67.1. The maximum Gasteiger partial charge on any atom is 0.306 e. The van der Waals surface area contributed by atoms with Crippen LogP contribution in [0.2, 0.25) is 0 Å². The smallest absolute Gasteiger partial charge is 0.306 e. The monoisotopic (exact) mass is 1140 g/mol. The summed E-state index contributed by atoms with van der Waals surface area (Å²) < 4.78 is 16.5. The van der Waals surface area contributed by atoms with Gasteiger partial charge in [-0.3, -0.25) is 9.59 Å². The predicted molar refractivity (Wildman–Crippen MR) is 358 cm³/mol. The number of carbonyl (C=O) groups excluding carboxylic acids is 2. The second-order valence-corrected chi connectivity index (χ2v) is 26.9. The Labute approximate surface area is 510 Å². The normalized spacial score (nSPS) is 15.0. The van der Waals surface area contributed by atoms with E-state index < -0.39 is 0 Å². The van der Waals surface area contributed by atoms with Crippen LogP contribution in [0.15, 0.2) is 0 Å². The summed E-state index contributed by atoms with van der Waals surface area (Å²) in [7, 11) is 0. The highest BCUT2D eigenvalue weighted by atomic mass is 16.5. The van der Waals surface area contributed by atoms with Gasteiger partial charge in [0.05, 0.1) is 25.6 Å². The summed E-state index contributed by atoms with van der Waals surface area (Å²) in [5.41, 5.74) is 0. The van der Waals surface area contributed by atoms with Gasteiger partial charge in [-0.1, -0.05) is 400 Å². The molecular weight excluding hydrogens is 993 g/mol. The van der Waals surface area contributed by atoms with Gasteiger partial charge in [0.2, 0.25) is 0 Å². The van der Waals surface area contributed by atoms with Crippen LogP contribution in [0.5, 0.6) is 0 Å². The Hall–Kier alpha value is -1.10. The molecule has 5 nitrogen and oxygen atoms in total. The maximum atomic E-state index is 12.3. The van der Waals surface area contributed by atoms with Crippen molar-refractivity contribution in [3.63, 3.8) is 0 Å². The Bertz CT molecular complexity index is 1190. The van der Waals surface area contributed by atoms with Crippen LogP contribution in [0.3, 0.4) is 0 Å². The Morgan fingerprint density at radius 2 is 0.568 bits per heavy atom. The molecule has 0 aromatic rings. The molecule has 1 aliphatic heterocycles. The molecule has 0 aliphatic carbocycles. The lowest BCUT2D eigenvalue weighted by Gasteiger charge is -2.20. The van der Waals surface area contributed by atoms with E-state index in [1.165, 1.54) is 372 Å². The van der Waals surface area contributed by atoms with Gasteiger partial charge < -0.3 is 14.2 Å². The molecule has 1 saturated heterocycles. The van der Waals surface area contributed by atoms with Crippen LogP contribution in [0, 0.1) is 11.8 Å². The van der Waals surface area contributed by atoms with Gasteiger partial charge in [-0.25, -0.2) is 0 Å².